The summed E-state index contributed by atoms with van der Waals surface area (Å²) < 4.78 is 44.1. The molecule has 3 aromatic rings. The number of hydrogen-bond donors (Lipinski definition) is 2. The van der Waals surface area contributed by atoms with E-state index in [1.54, 1.807) is 29.2 Å². The van der Waals surface area contributed by atoms with Crippen LogP contribution in [0.4, 0.5) is 20.6 Å². The summed E-state index contributed by atoms with van der Waals surface area (Å²) in [5, 5.41) is 12.0. The molecule has 3 aromatic carbocycles. The molecule has 9 nitrogen and oxygen atoms in total. The Kier molecular flexibility index (Phi) is 10.7. The molecule has 0 bridgehead atoms. The lowest BCUT2D eigenvalue weighted by molar-refractivity contribution is 0.130. The normalized spacial score (nSPS) is 13.9. The Morgan fingerprint density at radius 1 is 1.00 bits per heavy atom. The maximum atomic E-state index is 13.2. The molecule has 1 aliphatic rings. The second kappa shape index (κ2) is 14.0. The topological polar surface area (TPSA) is 115 Å². The maximum absolute atomic E-state index is 13.2. The number of nitrogens with zero attached hydrogens (tertiary/aromatic N) is 3. The third-order valence-corrected chi connectivity index (χ3v) is 6.92. The van der Waals surface area contributed by atoms with Crippen molar-refractivity contribution in [2.24, 2.45) is 0 Å². The molecule has 2 amide bonds. The van der Waals surface area contributed by atoms with Crippen LogP contribution >= 0.6 is 12.4 Å². The van der Waals surface area contributed by atoms with Gasteiger partial charge in [0, 0.05) is 37.1 Å². The lowest BCUT2D eigenvalue weighted by atomic mass is 10.0. The van der Waals surface area contributed by atoms with E-state index in [1.165, 1.54) is 24.3 Å². The Morgan fingerprint density at radius 2 is 1.55 bits per heavy atom. The molecule has 212 valence electrons. The van der Waals surface area contributed by atoms with Crippen molar-refractivity contribution in [2.45, 2.75) is 25.4 Å². The van der Waals surface area contributed by atoms with E-state index in [1.807, 2.05) is 24.3 Å². The molecule has 0 unspecified atom stereocenters. The van der Waals surface area contributed by atoms with Crippen LogP contribution in [-0.2, 0) is 16.6 Å². The number of hydrogen-bond acceptors (Lipinski definition) is 6. The molecule has 0 aromatic heterocycles. The van der Waals surface area contributed by atoms with Crippen LogP contribution in [0.15, 0.2) is 72.8 Å². The number of carbonyl (C=O) groups is 1. The van der Waals surface area contributed by atoms with Gasteiger partial charge in [-0.25, -0.2) is 17.6 Å². The fourth-order valence-electron chi connectivity index (χ4n) is 4.42. The number of ether oxygens (including phenoxy) is 1. The highest BCUT2D eigenvalue weighted by atomic mass is 35.5. The van der Waals surface area contributed by atoms with Crippen LogP contribution in [0.1, 0.15) is 18.4 Å². The molecule has 0 aliphatic carbocycles. The van der Waals surface area contributed by atoms with Gasteiger partial charge in [0.1, 0.15) is 23.9 Å². The number of carbonyl (C=O) groups excluding carboxylic acids is 1. The third-order valence-electron chi connectivity index (χ3n) is 6.32. The van der Waals surface area contributed by atoms with Crippen LogP contribution in [0.2, 0.25) is 0 Å². The summed E-state index contributed by atoms with van der Waals surface area (Å²) in [5.41, 5.74) is 2.07. The van der Waals surface area contributed by atoms with E-state index in [9.17, 15) is 22.9 Å². The van der Waals surface area contributed by atoms with Crippen molar-refractivity contribution in [1.29, 1.82) is 5.26 Å². The molecule has 1 aliphatic heterocycles. The fraction of sp³-hybridized carbons (Fsp3) is 0.286. The van der Waals surface area contributed by atoms with E-state index in [-0.39, 0.29) is 36.8 Å². The highest BCUT2D eigenvalue weighted by Gasteiger charge is 2.28. The van der Waals surface area contributed by atoms with Gasteiger partial charge in [-0.3, -0.25) is 9.62 Å². The van der Waals surface area contributed by atoms with Gasteiger partial charge in [0.05, 0.1) is 12.3 Å². The zero-order chi connectivity index (χ0) is 27.8. The Bertz CT molecular complexity index is 1410. The van der Waals surface area contributed by atoms with Crippen molar-refractivity contribution in [3.8, 4) is 17.6 Å². The van der Waals surface area contributed by atoms with Crippen LogP contribution < -0.4 is 14.8 Å². The first-order valence-electron chi connectivity index (χ1n) is 12.5. The summed E-state index contributed by atoms with van der Waals surface area (Å²) in [7, 11) is -3.33. The average Bonchev–Trinajstić information content (AvgIpc) is 2.90. The van der Waals surface area contributed by atoms with Gasteiger partial charge in [-0.1, -0.05) is 12.1 Å². The van der Waals surface area contributed by atoms with Gasteiger partial charge in [-0.2, -0.15) is 5.26 Å². The van der Waals surface area contributed by atoms with Crippen LogP contribution in [-0.4, -0.2) is 56.2 Å². The summed E-state index contributed by atoms with van der Waals surface area (Å²) in [6.45, 7) is 2.29. The average molecular weight is 588 g/mol. The van der Waals surface area contributed by atoms with E-state index in [2.05, 4.69) is 21.0 Å². The van der Waals surface area contributed by atoms with Gasteiger partial charge in [0.2, 0.25) is 10.0 Å². The third kappa shape index (κ3) is 9.12. The summed E-state index contributed by atoms with van der Waals surface area (Å²) in [4.78, 5) is 16.7. The van der Waals surface area contributed by atoms with E-state index in [0.29, 0.717) is 22.9 Å². The van der Waals surface area contributed by atoms with E-state index < -0.39 is 10.0 Å². The second-order valence-electron chi connectivity index (χ2n) is 9.38. The first-order valence-corrected chi connectivity index (χ1v) is 14.3. The largest absolute Gasteiger partial charge is 0.457 e. The molecule has 4 rings (SSSR count). The summed E-state index contributed by atoms with van der Waals surface area (Å²) in [6, 6.07) is 21.6. The Balaban J connectivity index is 0.00000441. The van der Waals surface area contributed by atoms with Crippen molar-refractivity contribution >= 4 is 39.8 Å². The fourth-order valence-corrected chi connectivity index (χ4v) is 4.99. The first-order chi connectivity index (χ1) is 18.7. The number of benzene rings is 3. The number of amides is 2. The van der Waals surface area contributed by atoms with Crippen molar-refractivity contribution in [3.63, 3.8) is 0 Å². The van der Waals surface area contributed by atoms with Gasteiger partial charge in [0.25, 0.3) is 0 Å². The summed E-state index contributed by atoms with van der Waals surface area (Å²) >= 11 is 0. The van der Waals surface area contributed by atoms with Gasteiger partial charge in [-0.05, 0) is 79.1 Å². The van der Waals surface area contributed by atoms with Crippen molar-refractivity contribution in [3.05, 3.63) is 84.2 Å². The molecule has 1 heterocycles. The van der Waals surface area contributed by atoms with E-state index in [0.717, 1.165) is 44.3 Å². The van der Waals surface area contributed by atoms with Crippen LogP contribution in [0.25, 0.3) is 0 Å². The lowest BCUT2D eigenvalue weighted by Gasteiger charge is -2.37. The van der Waals surface area contributed by atoms with Gasteiger partial charge < -0.3 is 15.0 Å². The highest BCUT2D eigenvalue weighted by Crippen LogP contribution is 2.25. The number of likely N-dealkylation sites (tertiary alicyclic amines) is 1. The Hall–Kier alpha value is -3.85. The minimum Gasteiger partial charge on any atom is -0.457 e. The van der Waals surface area contributed by atoms with Gasteiger partial charge in [0.15, 0.2) is 0 Å². The van der Waals surface area contributed by atoms with Crippen LogP contribution in [0, 0.1) is 17.1 Å². The predicted octanol–water partition coefficient (Wildman–Crippen LogP) is 5.43. The molecule has 0 radical (unpaired) electrons. The molecule has 40 heavy (non-hydrogen) atoms. The minimum atomic E-state index is -3.33. The minimum absolute atomic E-state index is 0. The molecule has 12 heteroatoms. The van der Waals surface area contributed by atoms with Gasteiger partial charge >= 0.3 is 6.03 Å². The maximum Gasteiger partial charge on any atom is 0.322 e. The summed E-state index contributed by atoms with van der Waals surface area (Å²) in [5.74, 6) is 0.877. The number of nitriles is 1. The lowest BCUT2D eigenvalue weighted by Crippen LogP contribution is -2.48. The molecule has 1 fully saturated rings. The smallest absolute Gasteiger partial charge is 0.322 e. The first kappa shape index (κ1) is 30.7. The van der Waals surface area contributed by atoms with Crippen LogP contribution in [0.5, 0.6) is 11.5 Å². The van der Waals surface area contributed by atoms with Crippen LogP contribution in [0.3, 0.4) is 0 Å². The number of halogens is 2. The zero-order valence-corrected chi connectivity index (χ0v) is 23.6. The molecular formula is C28H31ClFN5O4S. The highest BCUT2D eigenvalue weighted by molar-refractivity contribution is 7.92. The number of rotatable bonds is 9. The van der Waals surface area contributed by atoms with Gasteiger partial charge in [-0.15, -0.1) is 12.4 Å². The Labute approximate surface area is 240 Å². The zero-order valence-electron chi connectivity index (χ0n) is 21.9. The SMILES string of the molecule is CS(=O)(=O)Nc1ccc(Oc2ccc(CN3CCC(N(CC#N)C(=O)Nc4ccc(F)cc4)CC3)cc2)cc1.Cl. The van der Waals surface area contributed by atoms with Crippen molar-refractivity contribution in [1.82, 2.24) is 9.80 Å². The standard InChI is InChI=1S/C28H30FN5O4S.ClH/c1-39(36,37)32-24-8-12-27(13-9-24)38-26-10-2-21(3-11-26)20-33-17-14-25(15-18-33)34(19-16-30)28(35)31-23-6-4-22(29)5-7-23;/h2-13,25,32H,14-15,17-20H2,1H3,(H,31,35);1H. The molecule has 0 saturated carbocycles. The van der Waals surface area contributed by atoms with E-state index in [4.69, 9.17) is 4.74 Å². The summed E-state index contributed by atoms with van der Waals surface area (Å²) in [6.07, 6.45) is 2.58. The number of urea groups is 1. The number of sulfonamides is 1. The van der Waals surface area contributed by atoms with Crippen molar-refractivity contribution < 1.29 is 22.3 Å². The molecular weight excluding hydrogens is 557 g/mol. The van der Waals surface area contributed by atoms with E-state index >= 15 is 0 Å². The number of piperidine rings is 1. The second-order valence-corrected chi connectivity index (χ2v) is 11.1. The molecule has 2 N–H and O–H groups in total. The molecule has 0 atom stereocenters. The molecule has 0 spiro atoms. The Morgan fingerprint density at radius 3 is 2.10 bits per heavy atom. The quantitative estimate of drug-likeness (QED) is 0.323. The van der Waals surface area contributed by atoms with Crippen molar-refractivity contribution in [2.75, 3.05) is 35.9 Å². The monoisotopic (exact) mass is 587 g/mol. The number of nitrogens with one attached hydrogen (secondary N) is 2. The molecule has 1 saturated heterocycles. The predicted molar refractivity (Wildman–Crippen MR) is 155 cm³/mol. The number of anilines is 2.